The van der Waals surface area contributed by atoms with Gasteiger partial charge in [-0.2, -0.15) is 0 Å². The van der Waals surface area contributed by atoms with Crippen molar-refractivity contribution in [2.24, 2.45) is 0 Å². The molecule has 1 N–H and O–H groups in total. The minimum absolute atomic E-state index is 0.581. The number of aryl methyl sites for hydroxylation is 1. The molecule has 1 heteroatoms. The van der Waals surface area contributed by atoms with E-state index in [1.54, 1.807) is 0 Å². The van der Waals surface area contributed by atoms with E-state index in [4.69, 9.17) is 0 Å². The molecule has 90 valence electrons. The van der Waals surface area contributed by atoms with Crippen LogP contribution in [0, 0.1) is 6.92 Å². The van der Waals surface area contributed by atoms with Gasteiger partial charge in [-0.15, -0.1) is 0 Å². The van der Waals surface area contributed by atoms with Gasteiger partial charge in [-0.25, -0.2) is 0 Å². The molecule has 1 atom stereocenters. The van der Waals surface area contributed by atoms with E-state index in [9.17, 15) is 0 Å². The Hall–Kier alpha value is -0.820. The van der Waals surface area contributed by atoms with Crippen molar-refractivity contribution in [1.29, 1.82) is 0 Å². The summed E-state index contributed by atoms with van der Waals surface area (Å²) in [4.78, 5) is 0. The van der Waals surface area contributed by atoms with Gasteiger partial charge in [-0.05, 0) is 44.4 Å². The minimum atomic E-state index is 0.581. The van der Waals surface area contributed by atoms with Gasteiger partial charge in [0, 0.05) is 6.04 Å². The van der Waals surface area contributed by atoms with E-state index in [1.165, 1.54) is 30.4 Å². The zero-order valence-corrected chi connectivity index (χ0v) is 10.9. The van der Waals surface area contributed by atoms with Crippen LogP contribution < -0.4 is 5.32 Å². The van der Waals surface area contributed by atoms with E-state index < -0.39 is 0 Å². The van der Waals surface area contributed by atoms with Crippen LogP contribution in [0.4, 0.5) is 0 Å². The van der Waals surface area contributed by atoms with Crippen molar-refractivity contribution in [3.8, 4) is 0 Å². The third kappa shape index (κ3) is 4.80. The van der Waals surface area contributed by atoms with Crippen LogP contribution in [0.15, 0.2) is 24.3 Å². The fourth-order valence-corrected chi connectivity index (χ4v) is 1.96. The monoisotopic (exact) mass is 219 g/mol. The molecule has 0 heterocycles. The zero-order valence-electron chi connectivity index (χ0n) is 10.9. The van der Waals surface area contributed by atoms with Gasteiger partial charge in [0.05, 0.1) is 0 Å². The number of nitrogens with one attached hydrogen (secondary N) is 1. The highest BCUT2D eigenvalue weighted by atomic mass is 14.9. The van der Waals surface area contributed by atoms with E-state index >= 15 is 0 Å². The Kier molecular flexibility index (Phi) is 6.17. The van der Waals surface area contributed by atoms with Crippen molar-refractivity contribution in [3.05, 3.63) is 35.4 Å². The number of unbranched alkanes of at least 4 members (excludes halogenated alkanes) is 2. The smallest absolute Gasteiger partial charge is 0.00792 e. The van der Waals surface area contributed by atoms with Crippen LogP contribution in [0.2, 0.25) is 0 Å². The van der Waals surface area contributed by atoms with Gasteiger partial charge in [-0.3, -0.25) is 0 Å². The molecule has 1 aromatic carbocycles. The maximum atomic E-state index is 3.59. The predicted molar refractivity (Wildman–Crippen MR) is 71.9 cm³/mol. The topological polar surface area (TPSA) is 12.0 Å². The molecular weight excluding hydrogens is 194 g/mol. The SMILES string of the molecule is CCCCCNC(C)Cc1ccccc1C. The van der Waals surface area contributed by atoms with Crippen LogP contribution in [0.3, 0.4) is 0 Å². The molecule has 0 fully saturated rings. The van der Waals surface area contributed by atoms with Crippen molar-refractivity contribution in [3.63, 3.8) is 0 Å². The van der Waals surface area contributed by atoms with Crippen LogP contribution >= 0.6 is 0 Å². The van der Waals surface area contributed by atoms with Gasteiger partial charge < -0.3 is 5.32 Å². The van der Waals surface area contributed by atoms with E-state index in [0.717, 1.165) is 13.0 Å². The Morgan fingerprint density at radius 1 is 1.19 bits per heavy atom. The molecule has 0 amide bonds. The summed E-state index contributed by atoms with van der Waals surface area (Å²) < 4.78 is 0. The van der Waals surface area contributed by atoms with Crippen LogP contribution in [-0.2, 0) is 6.42 Å². The normalized spacial score (nSPS) is 12.7. The van der Waals surface area contributed by atoms with E-state index in [-0.39, 0.29) is 0 Å². The van der Waals surface area contributed by atoms with Crippen LogP contribution in [-0.4, -0.2) is 12.6 Å². The lowest BCUT2D eigenvalue weighted by molar-refractivity contribution is 0.522. The van der Waals surface area contributed by atoms with E-state index in [1.807, 2.05) is 0 Å². The second kappa shape index (κ2) is 7.45. The first-order valence-electron chi connectivity index (χ1n) is 6.52. The average molecular weight is 219 g/mol. The maximum absolute atomic E-state index is 3.59. The van der Waals surface area contributed by atoms with Gasteiger partial charge in [0.25, 0.3) is 0 Å². The van der Waals surface area contributed by atoms with Gasteiger partial charge >= 0.3 is 0 Å². The van der Waals surface area contributed by atoms with Crippen LogP contribution in [0.1, 0.15) is 44.2 Å². The van der Waals surface area contributed by atoms with E-state index in [2.05, 4.69) is 50.4 Å². The fraction of sp³-hybridized carbons (Fsp3) is 0.600. The molecule has 0 bridgehead atoms. The first kappa shape index (κ1) is 13.2. The number of hydrogen-bond acceptors (Lipinski definition) is 1. The van der Waals surface area contributed by atoms with Crippen molar-refractivity contribution in [1.82, 2.24) is 5.32 Å². The highest BCUT2D eigenvalue weighted by molar-refractivity contribution is 5.26. The molecule has 1 rings (SSSR count). The summed E-state index contributed by atoms with van der Waals surface area (Å²) in [6.45, 7) is 7.87. The maximum Gasteiger partial charge on any atom is 0.00792 e. The predicted octanol–water partition coefficient (Wildman–Crippen LogP) is 3.71. The van der Waals surface area contributed by atoms with E-state index in [0.29, 0.717) is 6.04 Å². The summed E-state index contributed by atoms with van der Waals surface area (Å²) in [5, 5.41) is 3.59. The number of hydrogen-bond donors (Lipinski definition) is 1. The van der Waals surface area contributed by atoms with Gasteiger partial charge in [-0.1, -0.05) is 44.0 Å². The van der Waals surface area contributed by atoms with Gasteiger partial charge in [0.2, 0.25) is 0 Å². The van der Waals surface area contributed by atoms with Crippen molar-refractivity contribution < 1.29 is 0 Å². The molecule has 1 unspecified atom stereocenters. The highest BCUT2D eigenvalue weighted by Gasteiger charge is 2.04. The molecular formula is C15H25N. The molecule has 0 aliphatic heterocycles. The standard InChI is InChI=1S/C15H25N/c1-4-5-8-11-16-14(3)12-15-10-7-6-9-13(15)2/h6-7,9-10,14,16H,4-5,8,11-12H2,1-3H3. The van der Waals surface area contributed by atoms with Crippen LogP contribution in [0.25, 0.3) is 0 Å². The molecule has 0 saturated heterocycles. The van der Waals surface area contributed by atoms with Gasteiger partial charge in [0.1, 0.15) is 0 Å². The lowest BCUT2D eigenvalue weighted by Gasteiger charge is -2.15. The lowest BCUT2D eigenvalue weighted by Crippen LogP contribution is -2.29. The Morgan fingerprint density at radius 3 is 2.62 bits per heavy atom. The molecule has 0 aliphatic rings. The second-order valence-corrected chi connectivity index (χ2v) is 4.69. The second-order valence-electron chi connectivity index (χ2n) is 4.69. The van der Waals surface area contributed by atoms with Crippen LogP contribution in [0.5, 0.6) is 0 Å². The largest absolute Gasteiger partial charge is 0.314 e. The summed E-state index contributed by atoms with van der Waals surface area (Å²) in [6, 6.07) is 9.25. The molecule has 0 saturated carbocycles. The van der Waals surface area contributed by atoms with Crippen molar-refractivity contribution >= 4 is 0 Å². The Bertz CT molecular complexity index is 293. The molecule has 0 spiro atoms. The molecule has 16 heavy (non-hydrogen) atoms. The Labute approximate surface area is 100 Å². The summed E-state index contributed by atoms with van der Waals surface area (Å²) in [6.07, 6.45) is 5.07. The van der Waals surface area contributed by atoms with Gasteiger partial charge in [0.15, 0.2) is 0 Å². The summed E-state index contributed by atoms with van der Waals surface area (Å²) >= 11 is 0. The minimum Gasteiger partial charge on any atom is -0.314 e. The number of benzene rings is 1. The van der Waals surface area contributed by atoms with Crippen molar-refractivity contribution in [2.45, 2.75) is 52.5 Å². The summed E-state index contributed by atoms with van der Waals surface area (Å²) in [5.74, 6) is 0. The fourth-order valence-electron chi connectivity index (χ4n) is 1.96. The molecule has 0 aliphatic carbocycles. The Morgan fingerprint density at radius 2 is 1.94 bits per heavy atom. The lowest BCUT2D eigenvalue weighted by atomic mass is 10.0. The quantitative estimate of drug-likeness (QED) is 0.689. The third-order valence-corrected chi connectivity index (χ3v) is 3.06. The first-order chi connectivity index (χ1) is 7.74. The van der Waals surface area contributed by atoms with Crippen molar-refractivity contribution in [2.75, 3.05) is 6.54 Å². The zero-order chi connectivity index (χ0) is 11.8. The summed E-state index contributed by atoms with van der Waals surface area (Å²) in [7, 11) is 0. The first-order valence-corrected chi connectivity index (χ1v) is 6.52. The Balaban J connectivity index is 2.28. The highest BCUT2D eigenvalue weighted by Crippen LogP contribution is 2.09. The average Bonchev–Trinajstić information content (AvgIpc) is 2.28. The summed E-state index contributed by atoms with van der Waals surface area (Å²) in [5.41, 5.74) is 2.88. The molecule has 0 radical (unpaired) electrons. The third-order valence-electron chi connectivity index (χ3n) is 3.06. The molecule has 0 aromatic heterocycles. The molecule has 1 nitrogen and oxygen atoms in total. The number of rotatable bonds is 7. The molecule has 1 aromatic rings.